The van der Waals surface area contributed by atoms with E-state index in [0.29, 0.717) is 28.7 Å². The van der Waals surface area contributed by atoms with Crippen LogP contribution < -0.4 is 24.3 Å². The van der Waals surface area contributed by atoms with Crippen LogP contribution in [0.15, 0.2) is 54.6 Å². The maximum Gasteiger partial charge on any atom is 0.310 e. The van der Waals surface area contributed by atoms with Crippen molar-refractivity contribution in [2.45, 2.75) is 12.0 Å². The number of nitro groups is 1. The number of ether oxygens (including phenoxy) is 5. The van der Waals surface area contributed by atoms with Gasteiger partial charge in [0.2, 0.25) is 13.6 Å². The third-order valence-electron chi connectivity index (χ3n) is 7.35. The molecule has 0 unspecified atom stereocenters. The second-order valence-electron chi connectivity index (χ2n) is 9.14. The van der Waals surface area contributed by atoms with E-state index >= 15 is 0 Å². The monoisotopic (exact) mass is 488 g/mol. The zero-order valence-corrected chi connectivity index (χ0v) is 18.8. The Balaban J connectivity index is 1.41. The number of hydrogen-bond acceptors (Lipinski definition) is 9. The molecule has 36 heavy (non-hydrogen) atoms. The van der Waals surface area contributed by atoms with E-state index in [1.807, 2.05) is 30.3 Å². The number of nitro benzene ring substituents is 1. The summed E-state index contributed by atoms with van der Waals surface area (Å²) in [6, 6.07) is 15.5. The van der Waals surface area contributed by atoms with Gasteiger partial charge in [0.15, 0.2) is 23.0 Å². The zero-order valence-electron chi connectivity index (χ0n) is 18.8. The number of benzene rings is 3. The lowest BCUT2D eigenvalue weighted by Gasteiger charge is -2.39. The van der Waals surface area contributed by atoms with Crippen LogP contribution in [0.25, 0.3) is 0 Å². The third kappa shape index (κ3) is 3.07. The number of fused-ring (bicyclic) bond motifs is 4. The Kier molecular flexibility index (Phi) is 4.50. The number of esters is 1. The zero-order chi connectivity index (χ0) is 24.4. The summed E-state index contributed by atoms with van der Waals surface area (Å²) in [5.74, 6) is 1.03. The van der Waals surface area contributed by atoms with Gasteiger partial charge >= 0.3 is 5.97 Å². The number of anilines is 1. The summed E-state index contributed by atoms with van der Waals surface area (Å²) < 4.78 is 28.0. The van der Waals surface area contributed by atoms with E-state index in [4.69, 9.17) is 23.7 Å². The van der Waals surface area contributed by atoms with Crippen molar-refractivity contribution in [2.75, 3.05) is 25.5 Å². The van der Waals surface area contributed by atoms with E-state index in [1.54, 1.807) is 18.2 Å². The Bertz CT molecular complexity index is 1420. The molecular formula is C26H20N2O8. The Labute approximate surface area is 204 Å². The van der Waals surface area contributed by atoms with Gasteiger partial charge in [0.05, 0.1) is 23.5 Å². The van der Waals surface area contributed by atoms with Gasteiger partial charge in [-0.25, -0.2) is 0 Å². The smallest absolute Gasteiger partial charge is 0.310 e. The molecule has 4 atom stereocenters. The van der Waals surface area contributed by atoms with E-state index in [9.17, 15) is 14.9 Å². The van der Waals surface area contributed by atoms with Crippen molar-refractivity contribution in [3.8, 4) is 23.0 Å². The SMILES string of the molecule is O=C1OC[C@H]2[C@H]1[C@@H](c1ccc3c(c1)OCO3)c1cc3c(cc1[C@H]2Nc1ccccc1[N+](=O)[O-])OCO3. The van der Waals surface area contributed by atoms with Gasteiger partial charge in [0.25, 0.3) is 5.69 Å². The topological polar surface area (TPSA) is 118 Å². The predicted molar refractivity (Wildman–Crippen MR) is 124 cm³/mol. The van der Waals surface area contributed by atoms with E-state index < -0.39 is 16.9 Å². The fourth-order valence-electron chi connectivity index (χ4n) is 5.78. The first-order valence-corrected chi connectivity index (χ1v) is 11.6. The molecule has 0 amide bonds. The Morgan fingerprint density at radius 3 is 2.31 bits per heavy atom. The van der Waals surface area contributed by atoms with Crippen molar-refractivity contribution < 1.29 is 33.4 Å². The molecule has 3 aromatic rings. The number of carbonyl (C=O) groups is 1. The van der Waals surface area contributed by atoms with E-state index in [0.717, 1.165) is 16.7 Å². The predicted octanol–water partition coefficient (Wildman–Crippen LogP) is 4.14. The van der Waals surface area contributed by atoms with Crippen molar-refractivity contribution in [3.63, 3.8) is 0 Å². The molecule has 4 aliphatic rings. The molecule has 0 aromatic heterocycles. The molecule has 7 rings (SSSR count). The number of cyclic esters (lactones) is 1. The van der Waals surface area contributed by atoms with Crippen LogP contribution in [0.2, 0.25) is 0 Å². The van der Waals surface area contributed by atoms with Crippen LogP contribution in [0, 0.1) is 22.0 Å². The quantitative estimate of drug-likeness (QED) is 0.328. The second-order valence-corrected chi connectivity index (χ2v) is 9.14. The van der Waals surface area contributed by atoms with Gasteiger partial charge in [-0.2, -0.15) is 0 Å². The van der Waals surface area contributed by atoms with Crippen LogP contribution in [0.4, 0.5) is 11.4 Å². The highest BCUT2D eigenvalue weighted by Crippen LogP contribution is 2.55. The molecule has 3 aromatic carbocycles. The second kappa shape index (κ2) is 7.77. The summed E-state index contributed by atoms with van der Waals surface area (Å²) in [4.78, 5) is 24.5. The minimum absolute atomic E-state index is 0.0421. The minimum atomic E-state index is -0.515. The number of para-hydroxylation sites is 2. The first kappa shape index (κ1) is 20.9. The molecule has 10 heteroatoms. The molecule has 1 saturated heterocycles. The van der Waals surface area contributed by atoms with Crippen LogP contribution in [-0.4, -0.2) is 31.1 Å². The number of nitrogens with zero attached hydrogens (tertiary/aromatic N) is 1. The van der Waals surface area contributed by atoms with Crippen molar-refractivity contribution >= 4 is 17.3 Å². The summed E-state index contributed by atoms with van der Waals surface area (Å²) in [6.07, 6.45) is 0. The Morgan fingerprint density at radius 1 is 0.833 bits per heavy atom. The molecule has 0 spiro atoms. The molecule has 0 bridgehead atoms. The lowest BCUT2D eigenvalue weighted by Crippen LogP contribution is -2.37. The summed E-state index contributed by atoms with van der Waals surface area (Å²) in [6.45, 7) is 0.440. The molecule has 10 nitrogen and oxygen atoms in total. The van der Waals surface area contributed by atoms with Crippen molar-refractivity contribution in [2.24, 2.45) is 11.8 Å². The van der Waals surface area contributed by atoms with E-state index in [2.05, 4.69) is 5.32 Å². The van der Waals surface area contributed by atoms with Crippen molar-refractivity contribution in [1.82, 2.24) is 0 Å². The van der Waals surface area contributed by atoms with Crippen molar-refractivity contribution in [3.05, 3.63) is 81.4 Å². The maximum atomic E-state index is 13.2. The Hall–Kier alpha value is -4.47. The van der Waals surface area contributed by atoms with E-state index in [1.165, 1.54) is 6.07 Å². The van der Waals surface area contributed by atoms with Gasteiger partial charge in [-0.05, 0) is 47.0 Å². The molecule has 3 heterocycles. The minimum Gasteiger partial charge on any atom is -0.465 e. The van der Waals surface area contributed by atoms with Gasteiger partial charge in [-0.1, -0.05) is 18.2 Å². The van der Waals surface area contributed by atoms with Crippen LogP contribution >= 0.6 is 0 Å². The molecular weight excluding hydrogens is 468 g/mol. The molecule has 3 aliphatic heterocycles. The highest BCUT2D eigenvalue weighted by atomic mass is 16.7. The van der Waals surface area contributed by atoms with Crippen LogP contribution in [0.3, 0.4) is 0 Å². The molecule has 0 saturated carbocycles. The number of nitrogens with one attached hydrogen (secondary N) is 1. The lowest BCUT2D eigenvalue weighted by molar-refractivity contribution is -0.384. The van der Waals surface area contributed by atoms with Gasteiger partial charge in [0, 0.05) is 17.9 Å². The molecule has 1 fully saturated rings. The van der Waals surface area contributed by atoms with Crippen LogP contribution in [0.1, 0.15) is 28.7 Å². The standard InChI is InChI=1S/C26H20N2O8/c29-26-24-16(10-32-26)25(27-17-3-1-2-4-18(17)28(30)31)15-9-22-21(35-12-36-22)8-14(15)23(24)13-5-6-19-20(7-13)34-11-33-19/h1-9,16,23-25,27H,10-12H2/t16-,23-,24-,25+/m0/s1. The fourth-order valence-corrected chi connectivity index (χ4v) is 5.78. The molecule has 182 valence electrons. The Morgan fingerprint density at radius 2 is 1.53 bits per heavy atom. The molecule has 1 N–H and O–H groups in total. The average molecular weight is 488 g/mol. The number of rotatable bonds is 4. The van der Waals surface area contributed by atoms with Gasteiger partial charge < -0.3 is 29.0 Å². The average Bonchev–Trinajstić information content (AvgIpc) is 3.63. The highest BCUT2D eigenvalue weighted by molar-refractivity contribution is 5.79. The molecule has 1 aliphatic carbocycles. The normalized spacial score (nSPS) is 24.6. The van der Waals surface area contributed by atoms with Crippen molar-refractivity contribution in [1.29, 1.82) is 0 Å². The van der Waals surface area contributed by atoms with Crippen LogP contribution in [-0.2, 0) is 9.53 Å². The van der Waals surface area contributed by atoms with Crippen LogP contribution in [0.5, 0.6) is 23.0 Å². The van der Waals surface area contributed by atoms with Gasteiger partial charge in [-0.3, -0.25) is 14.9 Å². The summed E-state index contributed by atoms with van der Waals surface area (Å²) in [5, 5.41) is 15.1. The highest BCUT2D eigenvalue weighted by Gasteiger charge is 2.53. The van der Waals surface area contributed by atoms with Gasteiger partial charge in [-0.15, -0.1) is 0 Å². The fraction of sp³-hybridized carbons (Fsp3) is 0.269. The maximum absolute atomic E-state index is 13.2. The summed E-state index contributed by atoms with van der Waals surface area (Å²) in [5.41, 5.74) is 2.96. The lowest BCUT2D eigenvalue weighted by atomic mass is 9.65. The number of carbonyl (C=O) groups excluding carboxylic acids is 1. The first-order valence-electron chi connectivity index (χ1n) is 11.6. The van der Waals surface area contributed by atoms with Gasteiger partial charge in [0.1, 0.15) is 5.69 Å². The third-order valence-corrected chi connectivity index (χ3v) is 7.35. The summed E-state index contributed by atoms with van der Waals surface area (Å²) in [7, 11) is 0. The first-order chi connectivity index (χ1) is 17.6. The largest absolute Gasteiger partial charge is 0.465 e. The summed E-state index contributed by atoms with van der Waals surface area (Å²) >= 11 is 0. The molecule has 0 radical (unpaired) electrons. The van der Waals surface area contributed by atoms with E-state index in [-0.39, 0.29) is 43.7 Å². The number of hydrogen-bond donors (Lipinski definition) is 1.